The lowest BCUT2D eigenvalue weighted by Gasteiger charge is -2.31. The largest absolute Gasteiger partial charge is 0.356 e. The molecule has 7 heteroatoms. The van der Waals surface area contributed by atoms with Gasteiger partial charge in [0, 0.05) is 23.8 Å². The number of nitrogens with zero attached hydrogens (tertiary/aromatic N) is 3. The van der Waals surface area contributed by atoms with Gasteiger partial charge in [0.1, 0.15) is 11.6 Å². The van der Waals surface area contributed by atoms with Gasteiger partial charge in [0.15, 0.2) is 5.58 Å². The van der Waals surface area contributed by atoms with Crippen LogP contribution in [0.25, 0.3) is 21.9 Å². The number of nitrogens with one attached hydrogen (secondary N) is 1. The molecule has 0 radical (unpaired) electrons. The standard InChI is InChI=1S/C24H25FN4O2/c25-17-8-9-19-21(15-17)31-28-23(19)16-10-13-29(14-11-16)12-4-3-7-22-26-20-6-2-1-5-18(20)24(30)27-22/h1-2,5-6,8-9,15-16H,3-4,7,10-14H2,(H,26,27,30). The topological polar surface area (TPSA) is 75.0 Å². The summed E-state index contributed by atoms with van der Waals surface area (Å²) in [6, 6.07) is 12.1. The maximum atomic E-state index is 13.4. The zero-order chi connectivity index (χ0) is 21.2. The fraction of sp³-hybridized carbons (Fsp3) is 0.375. The zero-order valence-electron chi connectivity index (χ0n) is 17.3. The highest BCUT2D eigenvalue weighted by atomic mass is 19.1. The second kappa shape index (κ2) is 8.59. The molecule has 0 bridgehead atoms. The van der Waals surface area contributed by atoms with Crippen LogP contribution in [0.2, 0.25) is 0 Å². The number of benzene rings is 2. The lowest BCUT2D eigenvalue weighted by molar-refractivity contribution is 0.206. The van der Waals surface area contributed by atoms with Crippen LogP contribution in [-0.4, -0.2) is 39.7 Å². The van der Waals surface area contributed by atoms with E-state index in [0.717, 1.165) is 74.2 Å². The van der Waals surface area contributed by atoms with Crippen LogP contribution in [0.15, 0.2) is 51.8 Å². The van der Waals surface area contributed by atoms with Crippen molar-refractivity contribution in [1.82, 2.24) is 20.0 Å². The molecule has 1 fully saturated rings. The molecule has 1 aliphatic rings. The third-order valence-corrected chi connectivity index (χ3v) is 6.24. The van der Waals surface area contributed by atoms with E-state index in [1.54, 1.807) is 12.1 Å². The molecule has 0 atom stereocenters. The van der Waals surface area contributed by atoms with Crippen LogP contribution >= 0.6 is 0 Å². The van der Waals surface area contributed by atoms with Crippen LogP contribution in [0.4, 0.5) is 4.39 Å². The quantitative estimate of drug-likeness (QED) is 0.468. The van der Waals surface area contributed by atoms with Gasteiger partial charge >= 0.3 is 0 Å². The van der Waals surface area contributed by atoms with E-state index >= 15 is 0 Å². The minimum absolute atomic E-state index is 0.0641. The third-order valence-electron chi connectivity index (χ3n) is 6.24. The molecule has 31 heavy (non-hydrogen) atoms. The van der Waals surface area contributed by atoms with E-state index in [0.29, 0.717) is 16.9 Å². The third kappa shape index (κ3) is 4.23. The first-order chi connectivity index (χ1) is 15.2. The van der Waals surface area contributed by atoms with Crippen LogP contribution < -0.4 is 5.56 Å². The van der Waals surface area contributed by atoms with E-state index in [9.17, 15) is 9.18 Å². The monoisotopic (exact) mass is 420 g/mol. The Hall–Kier alpha value is -3.06. The summed E-state index contributed by atoms with van der Waals surface area (Å²) in [5.74, 6) is 0.819. The van der Waals surface area contributed by atoms with E-state index in [4.69, 9.17) is 4.52 Å². The van der Waals surface area contributed by atoms with Gasteiger partial charge in [-0.25, -0.2) is 9.37 Å². The number of halogens is 1. The molecule has 6 nitrogen and oxygen atoms in total. The molecule has 0 aliphatic carbocycles. The molecule has 4 aromatic rings. The van der Waals surface area contributed by atoms with Gasteiger partial charge in [0.2, 0.25) is 0 Å². The Morgan fingerprint density at radius 1 is 1.10 bits per heavy atom. The number of para-hydroxylation sites is 1. The second-order valence-corrected chi connectivity index (χ2v) is 8.31. The number of hydrogen-bond acceptors (Lipinski definition) is 5. The van der Waals surface area contributed by atoms with Gasteiger partial charge in [0.05, 0.1) is 16.6 Å². The van der Waals surface area contributed by atoms with Crippen LogP contribution in [0.3, 0.4) is 0 Å². The van der Waals surface area contributed by atoms with Gasteiger partial charge in [-0.05, 0) is 69.6 Å². The highest BCUT2D eigenvalue weighted by molar-refractivity contribution is 5.80. The van der Waals surface area contributed by atoms with Crippen molar-refractivity contribution in [3.05, 3.63) is 70.2 Å². The average molecular weight is 420 g/mol. The van der Waals surface area contributed by atoms with Gasteiger partial charge in [-0.15, -0.1) is 0 Å². The Bertz CT molecular complexity index is 1260. The summed E-state index contributed by atoms with van der Waals surface area (Å²) in [6.45, 7) is 3.08. The number of rotatable bonds is 6. The summed E-state index contributed by atoms with van der Waals surface area (Å²) in [7, 11) is 0. The minimum Gasteiger partial charge on any atom is -0.356 e. The summed E-state index contributed by atoms with van der Waals surface area (Å²) >= 11 is 0. The van der Waals surface area contributed by atoms with Crippen LogP contribution in [0.1, 0.15) is 43.1 Å². The zero-order valence-corrected chi connectivity index (χ0v) is 17.3. The second-order valence-electron chi connectivity index (χ2n) is 8.31. The maximum Gasteiger partial charge on any atom is 0.258 e. The van der Waals surface area contributed by atoms with Crippen molar-refractivity contribution in [2.45, 2.75) is 38.0 Å². The van der Waals surface area contributed by atoms with Crippen molar-refractivity contribution < 1.29 is 8.91 Å². The average Bonchev–Trinajstić information content (AvgIpc) is 3.20. The van der Waals surface area contributed by atoms with Gasteiger partial charge in [0.25, 0.3) is 5.56 Å². The smallest absolute Gasteiger partial charge is 0.258 e. The van der Waals surface area contributed by atoms with E-state index in [-0.39, 0.29) is 11.4 Å². The highest BCUT2D eigenvalue weighted by Gasteiger charge is 2.24. The Labute approximate surface area is 179 Å². The normalized spacial score (nSPS) is 15.8. The summed E-state index contributed by atoms with van der Waals surface area (Å²) in [6.07, 6.45) is 4.88. The van der Waals surface area contributed by atoms with Crippen molar-refractivity contribution in [3.63, 3.8) is 0 Å². The lowest BCUT2D eigenvalue weighted by atomic mass is 9.91. The molecule has 2 aromatic heterocycles. The van der Waals surface area contributed by atoms with Gasteiger partial charge < -0.3 is 14.4 Å². The number of likely N-dealkylation sites (tertiary alicyclic amines) is 1. The van der Waals surface area contributed by atoms with Crippen molar-refractivity contribution in [3.8, 4) is 0 Å². The molecule has 1 saturated heterocycles. The van der Waals surface area contributed by atoms with E-state index in [1.807, 2.05) is 18.2 Å². The predicted octanol–water partition coefficient (Wildman–Crippen LogP) is 4.41. The Balaban J connectivity index is 1.11. The first-order valence-electron chi connectivity index (χ1n) is 10.9. The lowest BCUT2D eigenvalue weighted by Crippen LogP contribution is -2.33. The molecule has 0 saturated carbocycles. The molecule has 2 aromatic carbocycles. The van der Waals surface area contributed by atoms with Crippen molar-refractivity contribution in [2.75, 3.05) is 19.6 Å². The predicted molar refractivity (Wildman–Crippen MR) is 118 cm³/mol. The number of unbranched alkanes of at least 4 members (excludes halogenated alkanes) is 1. The SMILES string of the molecule is O=c1[nH]c(CCCCN2CCC(c3noc4cc(F)ccc34)CC2)nc2ccccc12. The summed E-state index contributed by atoms with van der Waals surface area (Å²) < 4.78 is 18.7. The fourth-order valence-electron chi connectivity index (χ4n) is 4.54. The molecule has 1 N–H and O–H groups in total. The van der Waals surface area contributed by atoms with Crippen LogP contribution in [0.5, 0.6) is 0 Å². The van der Waals surface area contributed by atoms with Crippen molar-refractivity contribution >= 4 is 21.9 Å². The van der Waals surface area contributed by atoms with E-state index < -0.39 is 0 Å². The minimum atomic E-state index is -0.298. The molecular weight excluding hydrogens is 395 g/mol. The Morgan fingerprint density at radius 3 is 2.81 bits per heavy atom. The Kier molecular flexibility index (Phi) is 5.51. The summed E-state index contributed by atoms with van der Waals surface area (Å²) in [4.78, 5) is 22.1. The van der Waals surface area contributed by atoms with E-state index in [1.165, 1.54) is 12.1 Å². The molecule has 0 amide bonds. The van der Waals surface area contributed by atoms with Gasteiger partial charge in [-0.1, -0.05) is 17.3 Å². The van der Waals surface area contributed by atoms with E-state index in [2.05, 4.69) is 20.0 Å². The van der Waals surface area contributed by atoms with Gasteiger partial charge in [-0.3, -0.25) is 4.79 Å². The Morgan fingerprint density at radius 2 is 1.94 bits per heavy atom. The summed E-state index contributed by atoms with van der Waals surface area (Å²) in [5.41, 5.74) is 2.18. The molecule has 5 rings (SSSR count). The van der Waals surface area contributed by atoms with Crippen LogP contribution in [0, 0.1) is 5.82 Å². The van der Waals surface area contributed by atoms with Crippen molar-refractivity contribution in [1.29, 1.82) is 0 Å². The van der Waals surface area contributed by atoms with Gasteiger partial charge in [-0.2, -0.15) is 0 Å². The number of fused-ring (bicyclic) bond motifs is 2. The molecule has 0 unspecified atom stereocenters. The first-order valence-corrected chi connectivity index (χ1v) is 10.9. The highest BCUT2D eigenvalue weighted by Crippen LogP contribution is 2.32. The van der Waals surface area contributed by atoms with Crippen LogP contribution in [-0.2, 0) is 6.42 Å². The fourth-order valence-corrected chi connectivity index (χ4v) is 4.54. The number of aromatic nitrogens is 3. The first kappa shape index (κ1) is 19.9. The number of aromatic amines is 1. The molecule has 0 spiro atoms. The number of H-pyrrole nitrogens is 1. The molecule has 3 heterocycles. The molecule has 160 valence electrons. The number of hydrogen-bond donors (Lipinski definition) is 1. The molecular formula is C24H25FN4O2. The summed E-state index contributed by atoms with van der Waals surface area (Å²) in [5, 5.41) is 5.79. The van der Waals surface area contributed by atoms with Crippen molar-refractivity contribution in [2.24, 2.45) is 0 Å². The number of piperidine rings is 1. The number of aryl methyl sites for hydroxylation is 1. The molecule has 1 aliphatic heterocycles. The maximum absolute atomic E-state index is 13.4.